The molecule has 13 nitrogen and oxygen atoms in total. The highest BCUT2D eigenvalue weighted by Crippen LogP contribution is 2.65. The molecule has 2 saturated heterocycles. The van der Waals surface area contributed by atoms with E-state index in [0.29, 0.717) is 19.4 Å². The van der Waals surface area contributed by atoms with Crippen LogP contribution in [0.1, 0.15) is 94.4 Å². The van der Waals surface area contributed by atoms with E-state index in [0.717, 1.165) is 0 Å². The lowest BCUT2D eigenvalue weighted by atomic mass is 9.84. The molecule has 5 N–H and O–H groups in total. The molecule has 3 fully saturated rings. The average Bonchev–Trinajstić information content (AvgIpc) is 3.23. The predicted octanol–water partition coefficient (Wildman–Crippen LogP) is 1.48. The first kappa shape index (κ1) is 36.0. The molecular formula is C32H52N6O7. The maximum absolute atomic E-state index is 14.2. The van der Waals surface area contributed by atoms with Gasteiger partial charge >= 0.3 is 6.03 Å². The van der Waals surface area contributed by atoms with Crippen molar-refractivity contribution in [3.63, 3.8) is 0 Å². The van der Waals surface area contributed by atoms with Crippen LogP contribution in [0.25, 0.3) is 0 Å². The highest BCUT2D eigenvalue weighted by atomic mass is 16.2. The maximum atomic E-state index is 14.2. The number of likely N-dealkylation sites (tertiary alicyclic amines) is 2. The summed E-state index contributed by atoms with van der Waals surface area (Å²) in [4.78, 5) is 93.1. The number of urea groups is 1. The number of amides is 7. The van der Waals surface area contributed by atoms with Gasteiger partial charge < -0.3 is 26.6 Å². The van der Waals surface area contributed by atoms with Gasteiger partial charge in [0.1, 0.15) is 12.1 Å². The lowest BCUT2D eigenvalue weighted by Crippen LogP contribution is -2.63. The van der Waals surface area contributed by atoms with Crippen molar-refractivity contribution in [1.29, 1.82) is 0 Å². The molecule has 2 aliphatic heterocycles. The number of primary amides is 1. The third kappa shape index (κ3) is 7.84. The topological polar surface area (TPSA) is 188 Å². The number of nitrogens with one attached hydrogen (secondary N) is 3. The fourth-order valence-electron chi connectivity index (χ4n) is 6.67. The first-order chi connectivity index (χ1) is 20.6. The summed E-state index contributed by atoms with van der Waals surface area (Å²) in [7, 11) is 0. The second-order valence-corrected chi connectivity index (χ2v) is 15.6. The van der Waals surface area contributed by atoms with E-state index < -0.39 is 64.5 Å². The molecule has 0 aromatic rings. The third-order valence-electron chi connectivity index (χ3n) is 9.70. The van der Waals surface area contributed by atoms with E-state index >= 15 is 0 Å². The number of rotatable bonds is 11. The second-order valence-electron chi connectivity index (χ2n) is 15.6. The van der Waals surface area contributed by atoms with Crippen LogP contribution >= 0.6 is 0 Å². The Hall–Kier alpha value is -3.51. The van der Waals surface area contributed by atoms with Gasteiger partial charge in [0.05, 0.1) is 12.1 Å². The number of hydrogen-bond donors (Lipinski definition) is 4. The summed E-state index contributed by atoms with van der Waals surface area (Å²) in [5, 5.41) is 8.40. The number of Topliss-reactive ketones (excluding diaryl/α,β-unsaturated/α-hetero) is 1. The van der Waals surface area contributed by atoms with Crippen LogP contribution in [0.4, 0.5) is 4.79 Å². The molecule has 1 saturated carbocycles. The minimum Gasteiger partial charge on any atom is -0.363 e. The summed E-state index contributed by atoms with van der Waals surface area (Å²) >= 11 is 0. The lowest BCUT2D eigenvalue weighted by molar-refractivity contribution is -0.148. The van der Waals surface area contributed by atoms with Gasteiger partial charge in [-0.15, -0.1) is 0 Å². The zero-order valence-corrected chi connectivity index (χ0v) is 28.2. The molecule has 0 radical (unpaired) electrons. The molecule has 0 bridgehead atoms. The van der Waals surface area contributed by atoms with Crippen LogP contribution in [0, 0.1) is 28.1 Å². The first-order valence-electron chi connectivity index (χ1n) is 16.0. The van der Waals surface area contributed by atoms with Crippen molar-refractivity contribution in [3.8, 4) is 0 Å². The molecule has 0 spiro atoms. The second kappa shape index (κ2) is 13.1. The monoisotopic (exact) mass is 632 g/mol. The van der Waals surface area contributed by atoms with Crippen molar-refractivity contribution in [2.45, 2.75) is 119 Å². The van der Waals surface area contributed by atoms with Gasteiger partial charge in [0, 0.05) is 25.9 Å². The van der Waals surface area contributed by atoms with Crippen LogP contribution in [-0.4, -0.2) is 88.4 Å². The van der Waals surface area contributed by atoms with E-state index in [1.54, 1.807) is 20.8 Å². The molecule has 1 aliphatic carbocycles. The van der Waals surface area contributed by atoms with Crippen molar-refractivity contribution in [1.82, 2.24) is 25.8 Å². The molecule has 1 unspecified atom stereocenters. The van der Waals surface area contributed by atoms with Crippen molar-refractivity contribution >= 4 is 41.4 Å². The quantitative estimate of drug-likeness (QED) is 0.196. The molecular weight excluding hydrogens is 580 g/mol. The van der Waals surface area contributed by atoms with Gasteiger partial charge in [-0.2, -0.15) is 0 Å². The lowest BCUT2D eigenvalue weighted by Gasteiger charge is -2.39. The summed E-state index contributed by atoms with van der Waals surface area (Å²) in [6, 6.07) is -4.26. The molecule has 45 heavy (non-hydrogen) atoms. The van der Waals surface area contributed by atoms with E-state index in [1.165, 1.54) is 9.80 Å². The van der Waals surface area contributed by atoms with E-state index in [9.17, 15) is 33.6 Å². The Kier molecular flexibility index (Phi) is 10.5. The molecule has 3 aliphatic rings. The molecule has 0 aromatic heterocycles. The number of nitrogens with zero attached hydrogens (tertiary/aromatic N) is 2. The molecule has 0 aromatic carbocycles. The fraction of sp³-hybridized carbons (Fsp3) is 0.781. The number of fused-ring (bicyclic) bond motifs is 1. The van der Waals surface area contributed by atoms with Gasteiger partial charge in [-0.3, -0.25) is 33.7 Å². The normalized spacial score (nSPS) is 24.7. The number of piperidine rings is 2. The maximum Gasteiger partial charge on any atom is 0.315 e. The predicted molar refractivity (Wildman–Crippen MR) is 166 cm³/mol. The Morgan fingerprint density at radius 1 is 0.933 bits per heavy atom. The number of imide groups is 1. The Bertz CT molecular complexity index is 1220. The van der Waals surface area contributed by atoms with Gasteiger partial charge in [0.15, 0.2) is 0 Å². The summed E-state index contributed by atoms with van der Waals surface area (Å²) in [5.74, 6) is -3.66. The Morgan fingerprint density at radius 2 is 1.51 bits per heavy atom. The van der Waals surface area contributed by atoms with Crippen LogP contribution in [0.2, 0.25) is 0 Å². The highest BCUT2D eigenvalue weighted by molar-refractivity contribution is 6.37. The van der Waals surface area contributed by atoms with Gasteiger partial charge in [-0.05, 0) is 40.9 Å². The van der Waals surface area contributed by atoms with E-state index in [1.807, 2.05) is 41.5 Å². The largest absolute Gasteiger partial charge is 0.363 e. The number of carbonyl (C=O) groups is 7. The summed E-state index contributed by atoms with van der Waals surface area (Å²) in [6.07, 6.45) is 1.80. The summed E-state index contributed by atoms with van der Waals surface area (Å²) < 4.78 is 0. The number of carbonyl (C=O) groups excluding carboxylic acids is 7. The SMILES string of the molecule is CCCC(NC(=O)[C@@H]1[C@@H]2[C@H](CN1C(=O)[C@@H](NC(=O)N[C@H](CN1C(=O)CCCC1=O)C(C)(C)C)C(C)(C)C)C2(C)C)C(=O)C(N)=O. The Morgan fingerprint density at radius 3 is 2.00 bits per heavy atom. The first-order valence-corrected chi connectivity index (χ1v) is 16.0. The van der Waals surface area contributed by atoms with Crippen LogP contribution in [0.15, 0.2) is 0 Å². The minimum atomic E-state index is -1.14. The van der Waals surface area contributed by atoms with Crippen molar-refractivity contribution in [2.75, 3.05) is 13.1 Å². The van der Waals surface area contributed by atoms with Crippen LogP contribution in [0.5, 0.6) is 0 Å². The van der Waals surface area contributed by atoms with Gasteiger partial charge in [0.2, 0.25) is 29.4 Å². The van der Waals surface area contributed by atoms with Crippen LogP contribution < -0.4 is 21.7 Å². The zero-order valence-electron chi connectivity index (χ0n) is 28.2. The smallest absolute Gasteiger partial charge is 0.315 e. The van der Waals surface area contributed by atoms with Crippen molar-refractivity contribution in [3.05, 3.63) is 0 Å². The number of hydrogen-bond acceptors (Lipinski definition) is 7. The Balaban J connectivity index is 1.82. The summed E-state index contributed by atoms with van der Waals surface area (Å²) in [5.41, 5.74) is 3.72. The molecule has 2 heterocycles. The molecule has 7 amide bonds. The number of nitrogens with two attached hydrogens (primary N) is 1. The molecule has 6 atom stereocenters. The number of ketones is 1. The standard InChI is InChI=1S/C32H52N6O7/c1-10-12-18(24(41)26(33)42)34-27(43)23-22-17(32(22,8)9)15-38(23)28(44)25(31(5,6)7)36-29(45)35-19(30(2,3)4)16-37-20(39)13-11-14-21(37)40/h17-19,22-23,25H,10-16H2,1-9H3,(H2,33,42)(H,34,43)(H2,35,36,45)/t17-,18?,19+,22-,23-,25+/m0/s1. The average molecular weight is 633 g/mol. The summed E-state index contributed by atoms with van der Waals surface area (Å²) in [6.45, 7) is 17.3. The van der Waals surface area contributed by atoms with Crippen molar-refractivity contribution in [2.24, 2.45) is 33.8 Å². The molecule has 252 valence electrons. The third-order valence-corrected chi connectivity index (χ3v) is 9.70. The van der Waals surface area contributed by atoms with E-state index in [4.69, 9.17) is 5.73 Å². The minimum absolute atomic E-state index is 0.0124. The van der Waals surface area contributed by atoms with Crippen LogP contribution in [0.3, 0.4) is 0 Å². The molecule has 3 rings (SSSR count). The van der Waals surface area contributed by atoms with E-state index in [-0.39, 0.29) is 54.9 Å². The van der Waals surface area contributed by atoms with Gasteiger partial charge in [-0.25, -0.2) is 4.79 Å². The van der Waals surface area contributed by atoms with Crippen LogP contribution in [-0.2, 0) is 28.8 Å². The fourth-order valence-corrected chi connectivity index (χ4v) is 6.67. The molecule has 13 heteroatoms. The Labute approximate surface area is 266 Å². The van der Waals surface area contributed by atoms with Gasteiger partial charge in [0.25, 0.3) is 5.91 Å². The highest BCUT2D eigenvalue weighted by Gasteiger charge is 2.70. The zero-order chi connectivity index (χ0) is 34.2. The van der Waals surface area contributed by atoms with Crippen molar-refractivity contribution < 1.29 is 33.6 Å². The van der Waals surface area contributed by atoms with E-state index in [2.05, 4.69) is 16.0 Å². The van der Waals surface area contributed by atoms with Gasteiger partial charge in [-0.1, -0.05) is 68.7 Å².